The van der Waals surface area contributed by atoms with Crippen LogP contribution in [0.25, 0.3) is 0 Å². The van der Waals surface area contributed by atoms with E-state index in [2.05, 4.69) is 10.2 Å². The van der Waals surface area contributed by atoms with Crippen molar-refractivity contribution in [1.82, 2.24) is 24.9 Å². The predicted molar refractivity (Wildman–Crippen MR) is 100 cm³/mol. The zero-order valence-electron chi connectivity index (χ0n) is 16.4. The van der Waals surface area contributed by atoms with Gasteiger partial charge in [0, 0.05) is 52.1 Å². The van der Waals surface area contributed by atoms with Crippen molar-refractivity contribution in [3.05, 3.63) is 17.5 Å². The number of piperidine rings is 1. The molecular formula is C19H29N5O3. The van der Waals surface area contributed by atoms with Crippen molar-refractivity contribution < 1.29 is 14.4 Å². The second-order valence-corrected chi connectivity index (χ2v) is 7.45. The van der Waals surface area contributed by atoms with Crippen LogP contribution in [0, 0.1) is 5.92 Å². The van der Waals surface area contributed by atoms with Crippen LogP contribution in [0.4, 0.5) is 0 Å². The minimum Gasteiger partial charge on any atom is -0.345 e. The Morgan fingerprint density at radius 1 is 1.26 bits per heavy atom. The number of aromatic amines is 1. The lowest BCUT2D eigenvalue weighted by Gasteiger charge is -2.33. The standard InChI is InChI=1S/C19H29N5O3/c1-4-23(5-2)19(27)15-11-20-21-17(15)13-6-8-24(9-7-13)18(26)14-10-16(25)22(3)12-14/h11,13-14H,4-10,12H2,1-3H3,(H,20,21)/t14-/m1/s1. The molecule has 3 amide bonds. The fraction of sp³-hybridized carbons (Fsp3) is 0.684. The quantitative estimate of drug-likeness (QED) is 0.834. The maximum absolute atomic E-state index is 12.7. The highest BCUT2D eigenvalue weighted by Crippen LogP contribution is 2.31. The van der Waals surface area contributed by atoms with Crippen LogP contribution < -0.4 is 0 Å². The third-order valence-electron chi connectivity index (χ3n) is 5.86. The van der Waals surface area contributed by atoms with E-state index in [1.165, 1.54) is 0 Å². The number of nitrogens with one attached hydrogen (secondary N) is 1. The first-order valence-electron chi connectivity index (χ1n) is 9.81. The topological polar surface area (TPSA) is 89.6 Å². The van der Waals surface area contributed by atoms with Crippen molar-refractivity contribution >= 4 is 17.7 Å². The molecule has 0 radical (unpaired) electrons. The van der Waals surface area contributed by atoms with Crippen molar-refractivity contribution in [2.24, 2.45) is 5.92 Å². The summed E-state index contributed by atoms with van der Waals surface area (Å²) in [7, 11) is 1.74. The van der Waals surface area contributed by atoms with Gasteiger partial charge in [0.15, 0.2) is 0 Å². The van der Waals surface area contributed by atoms with Crippen LogP contribution >= 0.6 is 0 Å². The van der Waals surface area contributed by atoms with Gasteiger partial charge in [-0.15, -0.1) is 0 Å². The van der Waals surface area contributed by atoms with Crippen LogP contribution in [0.2, 0.25) is 0 Å². The summed E-state index contributed by atoms with van der Waals surface area (Å²) in [5.74, 6) is 0.107. The van der Waals surface area contributed by atoms with Crippen LogP contribution in [0.15, 0.2) is 6.20 Å². The molecule has 0 aromatic carbocycles. The molecule has 0 spiro atoms. The van der Waals surface area contributed by atoms with Crippen LogP contribution in [0.3, 0.4) is 0 Å². The number of amides is 3. The number of rotatable bonds is 5. The summed E-state index contributed by atoms with van der Waals surface area (Å²) < 4.78 is 0. The van der Waals surface area contributed by atoms with Gasteiger partial charge in [0.2, 0.25) is 11.8 Å². The van der Waals surface area contributed by atoms with Crippen LogP contribution in [0.5, 0.6) is 0 Å². The summed E-state index contributed by atoms with van der Waals surface area (Å²) >= 11 is 0. The molecule has 8 heteroatoms. The molecule has 2 saturated heterocycles. The molecule has 8 nitrogen and oxygen atoms in total. The van der Waals surface area contributed by atoms with E-state index < -0.39 is 0 Å². The van der Waals surface area contributed by atoms with Gasteiger partial charge in [-0.1, -0.05) is 0 Å². The molecule has 0 saturated carbocycles. The van der Waals surface area contributed by atoms with Crippen molar-refractivity contribution in [3.63, 3.8) is 0 Å². The van der Waals surface area contributed by atoms with Crippen LogP contribution in [0.1, 0.15) is 55.1 Å². The smallest absolute Gasteiger partial charge is 0.257 e. The SMILES string of the molecule is CCN(CC)C(=O)c1cn[nH]c1C1CCN(C(=O)[C@@H]2CC(=O)N(C)C2)CC1. The van der Waals surface area contributed by atoms with E-state index in [0.717, 1.165) is 18.5 Å². The molecule has 1 atom stereocenters. The number of aromatic nitrogens is 2. The Hall–Kier alpha value is -2.38. The van der Waals surface area contributed by atoms with Crippen molar-refractivity contribution in [3.8, 4) is 0 Å². The summed E-state index contributed by atoms with van der Waals surface area (Å²) in [5, 5.41) is 7.13. The van der Waals surface area contributed by atoms with E-state index >= 15 is 0 Å². The van der Waals surface area contributed by atoms with E-state index in [1.807, 2.05) is 18.7 Å². The summed E-state index contributed by atoms with van der Waals surface area (Å²) in [6, 6.07) is 0. The lowest BCUT2D eigenvalue weighted by molar-refractivity contribution is -0.136. The highest BCUT2D eigenvalue weighted by molar-refractivity contribution is 5.95. The first kappa shape index (κ1) is 19.4. The van der Waals surface area contributed by atoms with Crippen molar-refractivity contribution in [1.29, 1.82) is 0 Å². The molecule has 1 aromatic heterocycles. The van der Waals surface area contributed by atoms with Gasteiger partial charge in [-0.25, -0.2) is 0 Å². The Bertz CT molecular complexity index is 704. The Labute approximate surface area is 159 Å². The number of nitrogens with zero attached hydrogens (tertiary/aromatic N) is 4. The Morgan fingerprint density at radius 2 is 1.93 bits per heavy atom. The minimum absolute atomic E-state index is 0.00904. The number of carbonyl (C=O) groups is 3. The molecule has 1 N–H and O–H groups in total. The van der Waals surface area contributed by atoms with E-state index in [9.17, 15) is 14.4 Å². The van der Waals surface area contributed by atoms with Crippen molar-refractivity contribution in [2.45, 2.75) is 39.0 Å². The molecule has 3 rings (SSSR count). The number of hydrogen-bond acceptors (Lipinski definition) is 4. The van der Waals surface area contributed by atoms with E-state index in [4.69, 9.17) is 0 Å². The van der Waals surface area contributed by atoms with Crippen LogP contribution in [-0.2, 0) is 9.59 Å². The molecule has 0 aliphatic carbocycles. The van der Waals surface area contributed by atoms with Gasteiger partial charge < -0.3 is 14.7 Å². The van der Waals surface area contributed by atoms with Gasteiger partial charge in [-0.3, -0.25) is 19.5 Å². The predicted octanol–water partition coefficient (Wildman–Crippen LogP) is 1.08. The monoisotopic (exact) mass is 375 g/mol. The van der Waals surface area contributed by atoms with E-state index in [-0.39, 0.29) is 29.6 Å². The number of carbonyl (C=O) groups excluding carboxylic acids is 3. The minimum atomic E-state index is -0.217. The number of H-pyrrole nitrogens is 1. The zero-order chi connectivity index (χ0) is 19.6. The summed E-state index contributed by atoms with van der Waals surface area (Å²) in [4.78, 5) is 42.4. The Kier molecular flexibility index (Phi) is 5.82. The fourth-order valence-corrected chi connectivity index (χ4v) is 4.13. The zero-order valence-corrected chi connectivity index (χ0v) is 16.4. The van der Waals surface area contributed by atoms with Crippen LogP contribution in [-0.4, -0.2) is 82.4 Å². The van der Waals surface area contributed by atoms with Gasteiger partial charge >= 0.3 is 0 Å². The molecule has 1 aromatic rings. The molecule has 27 heavy (non-hydrogen) atoms. The van der Waals surface area contributed by atoms with E-state index in [0.29, 0.717) is 44.7 Å². The second kappa shape index (κ2) is 8.10. The molecular weight excluding hydrogens is 346 g/mol. The van der Waals surface area contributed by atoms with Gasteiger partial charge in [-0.05, 0) is 26.7 Å². The van der Waals surface area contributed by atoms with E-state index in [1.54, 1.807) is 23.0 Å². The normalized spacial score (nSPS) is 21.0. The highest BCUT2D eigenvalue weighted by atomic mass is 16.2. The maximum Gasteiger partial charge on any atom is 0.257 e. The number of hydrogen-bond donors (Lipinski definition) is 1. The average Bonchev–Trinajstić information content (AvgIpc) is 3.29. The third-order valence-corrected chi connectivity index (χ3v) is 5.86. The average molecular weight is 375 g/mol. The second-order valence-electron chi connectivity index (χ2n) is 7.45. The molecule has 2 aliphatic rings. The summed E-state index contributed by atoms with van der Waals surface area (Å²) in [6.07, 6.45) is 3.53. The van der Waals surface area contributed by atoms with Gasteiger partial charge in [0.05, 0.1) is 23.4 Å². The fourth-order valence-electron chi connectivity index (χ4n) is 4.13. The molecule has 3 heterocycles. The Morgan fingerprint density at radius 3 is 2.48 bits per heavy atom. The van der Waals surface area contributed by atoms with Gasteiger partial charge in [0.25, 0.3) is 5.91 Å². The molecule has 2 fully saturated rings. The highest BCUT2D eigenvalue weighted by Gasteiger charge is 2.36. The van der Waals surface area contributed by atoms with Gasteiger partial charge in [-0.2, -0.15) is 5.10 Å². The first-order chi connectivity index (χ1) is 13.0. The maximum atomic E-state index is 12.7. The lowest BCUT2D eigenvalue weighted by atomic mass is 9.90. The van der Waals surface area contributed by atoms with Crippen molar-refractivity contribution in [2.75, 3.05) is 39.8 Å². The molecule has 0 bridgehead atoms. The molecule has 2 aliphatic heterocycles. The summed E-state index contributed by atoms with van der Waals surface area (Å²) in [6.45, 7) is 7.09. The molecule has 0 unspecified atom stereocenters. The van der Waals surface area contributed by atoms with Gasteiger partial charge in [0.1, 0.15) is 0 Å². The Balaban J connectivity index is 1.62. The largest absolute Gasteiger partial charge is 0.345 e. The lowest BCUT2D eigenvalue weighted by Crippen LogP contribution is -2.42. The third kappa shape index (κ3) is 3.84. The summed E-state index contributed by atoms with van der Waals surface area (Å²) in [5.41, 5.74) is 1.53. The number of likely N-dealkylation sites (tertiary alicyclic amines) is 2. The molecule has 148 valence electrons. The first-order valence-corrected chi connectivity index (χ1v) is 9.81.